The van der Waals surface area contributed by atoms with Crippen molar-refractivity contribution in [2.24, 2.45) is 0 Å². The summed E-state index contributed by atoms with van der Waals surface area (Å²) < 4.78 is 72.2. The predicted octanol–water partition coefficient (Wildman–Crippen LogP) is 2.76. The van der Waals surface area contributed by atoms with Crippen molar-refractivity contribution in [1.82, 2.24) is 29.9 Å². The van der Waals surface area contributed by atoms with Crippen molar-refractivity contribution in [2.75, 3.05) is 10.6 Å². The Bertz CT molecular complexity index is 1690. The van der Waals surface area contributed by atoms with Crippen LogP contribution in [0.4, 0.5) is 23.3 Å². The van der Waals surface area contributed by atoms with E-state index in [0.29, 0.717) is 23.3 Å². The number of hydrogen-bond donors (Lipinski definition) is 2. The van der Waals surface area contributed by atoms with Crippen LogP contribution in [0.2, 0.25) is 0 Å². The highest BCUT2D eigenvalue weighted by Crippen LogP contribution is 2.27. The topological polar surface area (TPSA) is 216 Å². The molecule has 2 aromatic carbocycles. The van der Waals surface area contributed by atoms with E-state index in [1.165, 1.54) is 36.4 Å². The number of aryl methyl sites for hydroxylation is 4. The third-order valence-electron chi connectivity index (χ3n) is 5.24. The number of aromatic nitrogens is 6. The molecule has 0 spiro atoms. The number of nitrogens with zero attached hydrogens (tertiary/aromatic N) is 6. The van der Waals surface area contributed by atoms with Gasteiger partial charge in [-0.1, -0.05) is 24.3 Å². The number of anilines is 4. The molecule has 208 valence electrons. The van der Waals surface area contributed by atoms with Crippen molar-refractivity contribution in [1.29, 1.82) is 0 Å². The van der Waals surface area contributed by atoms with Crippen LogP contribution in [0.5, 0.6) is 0 Å². The fourth-order valence-electron chi connectivity index (χ4n) is 3.71. The minimum Gasteiger partial charge on any atom is -0.744 e. The fourth-order valence-corrected chi connectivity index (χ4v) is 5.11. The Kier molecular flexibility index (Phi) is 7.88. The average molecular weight is 583 g/mol. The number of hydrogen-bond acceptors (Lipinski definition) is 14. The summed E-state index contributed by atoms with van der Waals surface area (Å²) in [5.41, 5.74) is 0.379. The van der Waals surface area contributed by atoms with Gasteiger partial charge in [0.1, 0.15) is 43.5 Å². The lowest BCUT2D eigenvalue weighted by molar-refractivity contribution is 0.460. The highest BCUT2D eigenvalue weighted by atomic mass is 32.2. The monoisotopic (exact) mass is 582 g/mol. The summed E-state index contributed by atoms with van der Waals surface area (Å²) >= 11 is 0. The van der Waals surface area contributed by atoms with Crippen molar-refractivity contribution < 1.29 is 25.9 Å². The van der Waals surface area contributed by atoms with Crippen LogP contribution in [0.1, 0.15) is 34.4 Å². The maximum Gasteiger partial charge on any atom is 0.230 e. The first kappa shape index (κ1) is 28.6. The van der Waals surface area contributed by atoms with Crippen LogP contribution in [-0.4, -0.2) is 55.8 Å². The summed E-state index contributed by atoms with van der Waals surface area (Å²) in [4.78, 5) is 23.4. The van der Waals surface area contributed by atoms with Gasteiger partial charge < -0.3 is 19.7 Å². The Labute approximate surface area is 230 Å². The van der Waals surface area contributed by atoms with Gasteiger partial charge >= 0.3 is 0 Å². The molecule has 2 aromatic heterocycles. The van der Waals surface area contributed by atoms with E-state index >= 15 is 0 Å². The quantitative estimate of drug-likeness (QED) is 0.226. The lowest BCUT2D eigenvalue weighted by atomic mass is 10.1. The zero-order valence-corrected chi connectivity index (χ0v) is 23.2. The number of rotatable bonds is 8. The minimum atomic E-state index is -4.96. The number of nitrogens with one attached hydrogen (secondary N) is 2. The van der Waals surface area contributed by atoms with Crippen LogP contribution in [0.25, 0.3) is 12.2 Å². The van der Waals surface area contributed by atoms with E-state index in [2.05, 4.69) is 40.5 Å². The van der Waals surface area contributed by atoms with Gasteiger partial charge in [0.05, 0.1) is 9.79 Å². The second-order valence-corrected chi connectivity index (χ2v) is 11.2. The summed E-state index contributed by atoms with van der Waals surface area (Å²) in [7, 11) is -9.92. The van der Waals surface area contributed by atoms with Gasteiger partial charge in [-0.2, -0.15) is 19.9 Å². The summed E-state index contributed by atoms with van der Waals surface area (Å²) in [5, 5.41) is 5.66. The van der Waals surface area contributed by atoms with Crippen molar-refractivity contribution in [3.05, 3.63) is 70.8 Å². The van der Waals surface area contributed by atoms with Crippen LogP contribution in [0.15, 0.2) is 46.2 Å². The van der Waals surface area contributed by atoms with E-state index in [4.69, 9.17) is 0 Å². The zero-order chi connectivity index (χ0) is 29.2. The van der Waals surface area contributed by atoms with E-state index in [9.17, 15) is 25.9 Å². The molecule has 0 unspecified atom stereocenters. The van der Waals surface area contributed by atoms with Crippen LogP contribution < -0.4 is 10.6 Å². The molecule has 0 saturated carbocycles. The van der Waals surface area contributed by atoms with Crippen LogP contribution >= 0.6 is 0 Å². The molecule has 2 heterocycles. The van der Waals surface area contributed by atoms with Gasteiger partial charge in [0.2, 0.25) is 11.9 Å². The molecule has 0 amide bonds. The van der Waals surface area contributed by atoms with E-state index in [0.717, 1.165) is 12.1 Å². The maximum absolute atomic E-state index is 12.0. The SMILES string of the molecule is Cc1nc(C)nc(Nc2ccc(/C=C/c3ccc(Nc4nc(C)nc(C)n4)cc3S(=O)(=O)[O-])c(S(=O)(=O)[O-])c2)n1. The smallest absolute Gasteiger partial charge is 0.230 e. The van der Waals surface area contributed by atoms with E-state index in [-0.39, 0.29) is 34.4 Å². The molecule has 14 nitrogen and oxygen atoms in total. The molecular weight excluding hydrogens is 560 g/mol. The third-order valence-corrected chi connectivity index (χ3v) is 7.02. The van der Waals surface area contributed by atoms with Crippen LogP contribution in [0, 0.1) is 27.7 Å². The Morgan fingerprint density at radius 3 is 1.20 bits per heavy atom. The Balaban J connectivity index is 1.69. The maximum atomic E-state index is 12.0. The van der Waals surface area contributed by atoms with Gasteiger partial charge in [-0.3, -0.25) is 0 Å². The van der Waals surface area contributed by atoms with Crippen molar-refractivity contribution in [3.8, 4) is 0 Å². The summed E-state index contributed by atoms with van der Waals surface area (Å²) in [6.07, 6.45) is 2.45. The molecule has 2 N–H and O–H groups in total. The average Bonchev–Trinajstić information content (AvgIpc) is 2.81. The zero-order valence-electron chi connectivity index (χ0n) is 21.6. The third kappa shape index (κ3) is 7.17. The molecule has 0 bridgehead atoms. The van der Waals surface area contributed by atoms with E-state index in [1.807, 2.05) is 0 Å². The molecule has 0 saturated heterocycles. The molecule has 0 atom stereocenters. The molecule has 0 aliphatic rings. The fraction of sp³-hybridized carbons (Fsp3) is 0.167. The van der Waals surface area contributed by atoms with Gasteiger partial charge in [-0.05, 0) is 63.1 Å². The molecule has 4 aromatic rings. The molecule has 40 heavy (non-hydrogen) atoms. The standard InChI is InChI=1S/C24H24N8O6S2/c1-13-25-14(2)28-23(27-13)31-19-9-7-17(21(11-19)39(33,34)35)5-6-18-8-10-20(12-22(18)40(36,37)38)32-24-29-15(3)26-16(4)30-24/h5-12H,1-4H3,(H,33,34,35)(H,36,37,38)(H,25,27,28,31)(H,26,29,30,32)/p-2/b6-5+. The van der Waals surface area contributed by atoms with Gasteiger partial charge in [0, 0.05) is 11.4 Å². The summed E-state index contributed by atoms with van der Waals surface area (Å²) in [6, 6.07) is 7.87. The first-order chi connectivity index (χ1) is 18.7. The minimum absolute atomic E-state index is 0.0313. The van der Waals surface area contributed by atoms with Crippen molar-refractivity contribution >= 4 is 55.7 Å². The molecule has 4 rings (SSSR count). The van der Waals surface area contributed by atoms with Crippen molar-refractivity contribution in [2.45, 2.75) is 37.5 Å². The first-order valence-electron chi connectivity index (χ1n) is 11.5. The van der Waals surface area contributed by atoms with Gasteiger partial charge in [-0.25, -0.2) is 26.8 Å². The Morgan fingerprint density at radius 1 is 0.575 bits per heavy atom. The molecule has 0 aliphatic heterocycles. The summed E-state index contributed by atoms with van der Waals surface area (Å²) in [5.74, 6) is 2.07. The predicted molar refractivity (Wildman–Crippen MR) is 143 cm³/mol. The number of benzene rings is 2. The highest BCUT2D eigenvalue weighted by Gasteiger charge is 2.13. The highest BCUT2D eigenvalue weighted by molar-refractivity contribution is 7.86. The second kappa shape index (κ2) is 11.0. The molecular formula is C24H22N8O6S2-2. The van der Waals surface area contributed by atoms with E-state index < -0.39 is 30.0 Å². The Morgan fingerprint density at radius 2 is 0.900 bits per heavy atom. The van der Waals surface area contributed by atoms with Crippen LogP contribution in [0.3, 0.4) is 0 Å². The lowest BCUT2D eigenvalue weighted by Gasteiger charge is -2.15. The van der Waals surface area contributed by atoms with Gasteiger partial charge in [0.15, 0.2) is 0 Å². The van der Waals surface area contributed by atoms with Gasteiger partial charge in [0.25, 0.3) is 0 Å². The molecule has 0 fully saturated rings. The molecule has 0 radical (unpaired) electrons. The van der Waals surface area contributed by atoms with Gasteiger partial charge in [-0.15, -0.1) is 0 Å². The second-order valence-electron chi connectivity index (χ2n) is 8.50. The normalized spacial score (nSPS) is 12.1. The molecule has 16 heteroatoms. The van der Waals surface area contributed by atoms with Crippen LogP contribution in [-0.2, 0) is 20.2 Å². The largest absolute Gasteiger partial charge is 0.744 e. The Hall–Kier alpha value is -4.38. The van der Waals surface area contributed by atoms with E-state index in [1.54, 1.807) is 27.7 Å². The molecule has 0 aliphatic carbocycles. The summed E-state index contributed by atoms with van der Waals surface area (Å²) in [6.45, 7) is 6.65. The first-order valence-corrected chi connectivity index (χ1v) is 14.3. The van der Waals surface area contributed by atoms with Crippen molar-refractivity contribution in [3.63, 3.8) is 0 Å². The lowest BCUT2D eigenvalue weighted by Crippen LogP contribution is -2.06.